The minimum absolute atomic E-state index is 0.111. The number of rotatable bonds is 7. The molecule has 0 atom stereocenters. The monoisotopic (exact) mass is 574 g/mol. The summed E-state index contributed by atoms with van der Waals surface area (Å²) in [7, 11) is 0. The van der Waals surface area contributed by atoms with Gasteiger partial charge in [-0.05, 0) is 62.1 Å². The zero-order valence-electron chi connectivity index (χ0n) is 21.3. The minimum atomic E-state index is -4.87. The third-order valence-electron chi connectivity index (χ3n) is 7.16. The minimum Gasteiger partial charge on any atom is -0.382 e. The Kier molecular flexibility index (Phi) is 8.76. The highest BCUT2D eigenvalue weighted by atomic mass is 19.4. The maximum absolute atomic E-state index is 13.2. The van der Waals surface area contributed by atoms with Gasteiger partial charge in [0.05, 0.1) is 16.6 Å². The summed E-state index contributed by atoms with van der Waals surface area (Å²) in [5.74, 6) is -0.196. The zero-order chi connectivity index (χ0) is 29.1. The second kappa shape index (κ2) is 11.9. The first-order valence-electron chi connectivity index (χ1n) is 12.7. The largest absolute Gasteiger partial charge is 0.423 e. The molecule has 218 valence electrons. The third-order valence-corrected chi connectivity index (χ3v) is 7.16. The average Bonchev–Trinajstić information content (AvgIpc) is 2.91. The number of anilines is 2. The van der Waals surface area contributed by atoms with E-state index in [1.807, 2.05) is 4.90 Å². The van der Waals surface area contributed by atoms with Crippen LogP contribution in [0.4, 0.5) is 43.4 Å². The lowest BCUT2D eigenvalue weighted by Gasteiger charge is -2.35. The highest BCUT2D eigenvalue weighted by Crippen LogP contribution is 2.38. The van der Waals surface area contributed by atoms with E-state index in [0.717, 1.165) is 24.3 Å². The van der Waals surface area contributed by atoms with E-state index in [1.165, 1.54) is 18.2 Å². The molecular formula is C26H28F6N4O4. The lowest BCUT2D eigenvalue weighted by Crippen LogP contribution is -2.45. The molecule has 2 aliphatic heterocycles. The molecule has 0 unspecified atom stereocenters. The van der Waals surface area contributed by atoms with Gasteiger partial charge in [-0.15, -0.1) is 0 Å². The zero-order valence-corrected chi connectivity index (χ0v) is 21.3. The molecule has 0 aliphatic carbocycles. The lowest BCUT2D eigenvalue weighted by molar-refractivity contribution is -0.388. The molecule has 14 heteroatoms. The Hall–Kier alpha value is -3.55. The quantitative estimate of drug-likeness (QED) is 0.259. The van der Waals surface area contributed by atoms with Crippen molar-refractivity contribution in [1.82, 2.24) is 4.90 Å². The van der Waals surface area contributed by atoms with Crippen molar-refractivity contribution in [2.24, 2.45) is 0 Å². The van der Waals surface area contributed by atoms with Gasteiger partial charge in [-0.3, -0.25) is 14.9 Å². The summed E-state index contributed by atoms with van der Waals surface area (Å²) in [6, 6.07) is 7.60. The molecule has 0 saturated carbocycles. The summed E-state index contributed by atoms with van der Waals surface area (Å²) in [5.41, 5.74) is -2.22. The fourth-order valence-electron chi connectivity index (χ4n) is 4.94. The fourth-order valence-corrected chi connectivity index (χ4v) is 4.94. The number of piperidine rings is 2. The van der Waals surface area contributed by atoms with Crippen LogP contribution in [0.15, 0.2) is 42.5 Å². The van der Waals surface area contributed by atoms with Gasteiger partial charge in [-0.1, -0.05) is 0 Å². The molecule has 0 spiro atoms. The van der Waals surface area contributed by atoms with E-state index in [1.54, 1.807) is 4.90 Å². The summed E-state index contributed by atoms with van der Waals surface area (Å²) < 4.78 is 83.8. The smallest absolute Gasteiger partial charge is 0.382 e. The molecule has 1 amide bonds. The summed E-state index contributed by atoms with van der Waals surface area (Å²) in [4.78, 5) is 26.1. The van der Waals surface area contributed by atoms with Crippen LogP contribution in [0.2, 0.25) is 0 Å². The molecule has 2 heterocycles. The number of ether oxygens (including phenoxy) is 1. The Morgan fingerprint density at radius 3 is 2.10 bits per heavy atom. The molecule has 0 radical (unpaired) electrons. The van der Waals surface area contributed by atoms with E-state index in [2.05, 4.69) is 5.32 Å². The number of nitro benzene ring substituents is 1. The number of hydrogen-bond acceptors (Lipinski definition) is 6. The number of alkyl halides is 6. The molecule has 2 aliphatic rings. The molecule has 0 bridgehead atoms. The summed E-state index contributed by atoms with van der Waals surface area (Å²) in [6.45, 7) is 1.82. The van der Waals surface area contributed by atoms with Crippen LogP contribution in [0.25, 0.3) is 0 Å². The van der Waals surface area contributed by atoms with Crippen LogP contribution < -0.4 is 10.2 Å². The second-order valence-electron chi connectivity index (χ2n) is 9.83. The molecule has 2 aromatic carbocycles. The number of likely N-dealkylation sites (tertiary alicyclic amines) is 1. The number of halogens is 6. The van der Waals surface area contributed by atoms with Crippen molar-refractivity contribution in [2.45, 2.75) is 50.2 Å². The topological polar surface area (TPSA) is 88.0 Å². The van der Waals surface area contributed by atoms with Gasteiger partial charge in [0.15, 0.2) is 0 Å². The predicted octanol–water partition coefficient (Wildman–Crippen LogP) is 5.72. The van der Waals surface area contributed by atoms with Crippen molar-refractivity contribution < 1.29 is 40.8 Å². The number of carbonyl (C=O) groups is 1. The van der Waals surface area contributed by atoms with Gasteiger partial charge in [-0.25, -0.2) is 0 Å². The van der Waals surface area contributed by atoms with Crippen LogP contribution >= 0.6 is 0 Å². The summed E-state index contributed by atoms with van der Waals surface area (Å²) in [5, 5.41) is 13.9. The van der Waals surface area contributed by atoms with Crippen molar-refractivity contribution in [2.75, 3.05) is 43.0 Å². The van der Waals surface area contributed by atoms with Crippen LogP contribution in [0.1, 0.15) is 36.8 Å². The van der Waals surface area contributed by atoms with E-state index in [9.17, 15) is 41.3 Å². The normalized spacial score (nSPS) is 17.6. The maximum atomic E-state index is 13.2. The number of nitrogens with zero attached hydrogens (tertiary/aromatic N) is 3. The number of carbonyl (C=O) groups excluding carboxylic acids is 1. The number of benzene rings is 2. The average molecular weight is 575 g/mol. The Labute approximate surface area is 226 Å². The first kappa shape index (κ1) is 29.4. The first-order chi connectivity index (χ1) is 18.8. The Bertz CT molecular complexity index is 1190. The van der Waals surface area contributed by atoms with Crippen LogP contribution in [0.5, 0.6) is 0 Å². The number of amides is 1. The van der Waals surface area contributed by atoms with E-state index in [-0.39, 0.29) is 30.3 Å². The van der Waals surface area contributed by atoms with Crippen molar-refractivity contribution >= 4 is 23.0 Å². The van der Waals surface area contributed by atoms with Crippen LogP contribution in [-0.2, 0) is 21.9 Å². The fraction of sp³-hybridized carbons (Fsp3) is 0.500. The summed E-state index contributed by atoms with van der Waals surface area (Å²) >= 11 is 0. The van der Waals surface area contributed by atoms with E-state index in [4.69, 9.17) is 4.74 Å². The van der Waals surface area contributed by atoms with Crippen molar-refractivity contribution in [3.05, 3.63) is 63.7 Å². The standard InChI is InChI=1S/C26H28F6N4O4/c27-25(28,29)17-1-4-20(5-2-17)34-13-9-21(10-14-34)40-16-24(37)35-11-7-18(8-12-35)33-19-3-6-23(36(38)39)22(15-19)26(30,31)32/h1-6,15,18,21,33H,7-14,16H2. The predicted molar refractivity (Wildman–Crippen MR) is 134 cm³/mol. The van der Waals surface area contributed by atoms with Gasteiger partial charge in [0.2, 0.25) is 5.91 Å². The molecule has 40 heavy (non-hydrogen) atoms. The first-order valence-corrected chi connectivity index (χ1v) is 12.7. The van der Waals surface area contributed by atoms with Crippen molar-refractivity contribution in [3.8, 4) is 0 Å². The number of nitrogens with one attached hydrogen (secondary N) is 1. The Morgan fingerprint density at radius 2 is 1.55 bits per heavy atom. The highest BCUT2D eigenvalue weighted by molar-refractivity contribution is 5.77. The van der Waals surface area contributed by atoms with Crippen LogP contribution in [-0.4, -0.2) is 60.7 Å². The summed E-state index contributed by atoms with van der Waals surface area (Å²) in [6.07, 6.45) is -7.20. The van der Waals surface area contributed by atoms with Crippen molar-refractivity contribution in [1.29, 1.82) is 0 Å². The van der Waals surface area contributed by atoms with Crippen LogP contribution in [0.3, 0.4) is 0 Å². The number of hydrogen-bond donors (Lipinski definition) is 1. The molecule has 4 rings (SSSR count). The van der Waals surface area contributed by atoms with Gasteiger partial charge in [0.25, 0.3) is 5.69 Å². The Morgan fingerprint density at radius 1 is 0.925 bits per heavy atom. The van der Waals surface area contributed by atoms with Gasteiger partial charge in [0, 0.05) is 49.7 Å². The molecule has 2 fully saturated rings. The maximum Gasteiger partial charge on any atom is 0.423 e. The van der Waals surface area contributed by atoms with E-state index >= 15 is 0 Å². The van der Waals surface area contributed by atoms with Crippen molar-refractivity contribution in [3.63, 3.8) is 0 Å². The highest BCUT2D eigenvalue weighted by Gasteiger charge is 2.38. The lowest BCUT2D eigenvalue weighted by atomic mass is 10.0. The van der Waals surface area contributed by atoms with E-state index < -0.39 is 34.1 Å². The van der Waals surface area contributed by atoms with Gasteiger partial charge >= 0.3 is 12.4 Å². The molecule has 1 N–H and O–H groups in total. The number of nitro groups is 1. The molecular weight excluding hydrogens is 546 g/mol. The van der Waals surface area contributed by atoms with Gasteiger partial charge in [-0.2, -0.15) is 26.3 Å². The third kappa shape index (κ3) is 7.34. The molecule has 8 nitrogen and oxygen atoms in total. The SMILES string of the molecule is O=C(COC1CCN(c2ccc(C(F)(F)F)cc2)CC1)N1CCC(Nc2ccc([N+](=O)[O-])c(C(F)(F)F)c2)CC1. The molecule has 0 aromatic heterocycles. The van der Waals surface area contributed by atoms with E-state index in [0.29, 0.717) is 57.5 Å². The van der Waals surface area contributed by atoms with Gasteiger partial charge in [0.1, 0.15) is 12.2 Å². The van der Waals surface area contributed by atoms with Crippen LogP contribution in [0, 0.1) is 10.1 Å². The molecule has 2 saturated heterocycles. The molecule has 2 aromatic rings. The second-order valence-corrected chi connectivity index (χ2v) is 9.83. The Balaban J connectivity index is 1.19. The van der Waals surface area contributed by atoms with Gasteiger partial charge < -0.3 is 19.9 Å².